The molecule has 1 saturated heterocycles. The van der Waals surface area contributed by atoms with Gasteiger partial charge in [-0.1, -0.05) is 6.07 Å². The predicted molar refractivity (Wildman–Crippen MR) is 86.0 cm³/mol. The highest BCUT2D eigenvalue weighted by atomic mass is 79.9. The molecule has 1 aliphatic rings. The van der Waals surface area contributed by atoms with E-state index in [9.17, 15) is 0 Å². The Kier molecular flexibility index (Phi) is 5.39. The number of piperazine rings is 1. The Labute approximate surface area is 124 Å². The fourth-order valence-electron chi connectivity index (χ4n) is 2.38. The van der Waals surface area contributed by atoms with Crippen LogP contribution in [0.15, 0.2) is 22.7 Å². The van der Waals surface area contributed by atoms with Crippen molar-refractivity contribution in [2.45, 2.75) is 13.3 Å². The largest absolute Gasteiger partial charge is 0.368 e. The molecule has 0 amide bonds. The minimum Gasteiger partial charge on any atom is -0.368 e. The Morgan fingerprint density at radius 1 is 1.22 bits per heavy atom. The summed E-state index contributed by atoms with van der Waals surface area (Å²) < 4.78 is 1.21. The van der Waals surface area contributed by atoms with E-state index in [1.165, 1.54) is 28.7 Å². The zero-order valence-corrected chi connectivity index (χ0v) is 13.4. The Hall–Kier alpha value is -0.190. The van der Waals surface area contributed by atoms with Crippen LogP contribution in [0.5, 0.6) is 0 Å². The molecule has 0 spiro atoms. The molecule has 0 radical (unpaired) electrons. The lowest BCUT2D eigenvalue weighted by atomic mass is 10.2. The van der Waals surface area contributed by atoms with Crippen molar-refractivity contribution in [3.8, 4) is 0 Å². The van der Waals surface area contributed by atoms with Crippen LogP contribution in [-0.4, -0.2) is 43.4 Å². The summed E-state index contributed by atoms with van der Waals surface area (Å²) in [5, 5.41) is 0. The molecule has 2 nitrogen and oxygen atoms in total. The first-order valence-corrected chi connectivity index (χ1v) is 7.97. The standard InChI is InChI=1S/C14H21BrN2S/c1-12-3-4-14(13(15)11-12)17-8-6-16(7-9-17)5-2-10-18/h3-4,11,18H,2,5-10H2,1H3. The lowest BCUT2D eigenvalue weighted by molar-refractivity contribution is 0.259. The van der Waals surface area contributed by atoms with Gasteiger partial charge in [0.25, 0.3) is 0 Å². The first kappa shape index (κ1) is 14.2. The van der Waals surface area contributed by atoms with E-state index in [1.54, 1.807) is 0 Å². The maximum Gasteiger partial charge on any atom is 0.0511 e. The van der Waals surface area contributed by atoms with Crippen LogP contribution in [0, 0.1) is 6.92 Å². The van der Waals surface area contributed by atoms with Crippen molar-refractivity contribution in [2.75, 3.05) is 43.4 Å². The molecule has 0 bridgehead atoms. The summed E-state index contributed by atoms with van der Waals surface area (Å²) in [6, 6.07) is 6.61. The van der Waals surface area contributed by atoms with Gasteiger partial charge in [0.15, 0.2) is 0 Å². The summed E-state index contributed by atoms with van der Waals surface area (Å²) in [7, 11) is 0. The molecule has 0 saturated carbocycles. The third-order valence-corrected chi connectivity index (χ3v) is 4.40. The maximum absolute atomic E-state index is 4.27. The Bertz CT molecular complexity index is 389. The number of anilines is 1. The first-order valence-electron chi connectivity index (χ1n) is 6.55. The topological polar surface area (TPSA) is 6.48 Å². The molecule has 1 aliphatic heterocycles. The molecule has 2 rings (SSSR count). The Morgan fingerprint density at radius 2 is 1.94 bits per heavy atom. The molecule has 4 heteroatoms. The van der Waals surface area contributed by atoms with Gasteiger partial charge in [0.1, 0.15) is 0 Å². The fourth-order valence-corrected chi connectivity index (χ4v) is 3.26. The molecule has 1 aromatic carbocycles. The van der Waals surface area contributed by atoms with Crippen molar-refractivity contribution in [1.29, 1.82) is 0 Å². The fraction of sp³-hybridized carbons (Fsp3) is 0.571. The van der Waals surface area contributed by atoms with Crippen molar-refractivity contribution in [1.82, 2.24) is 4.90 Å². The average Bonchev–Trinajstić information content (AvgIpc) is 2.37. The molecule has 0 unspecified atom stereocenters. The molecule has 0 atom stereocenters. The van der Waals surface area contributed by atoms with Crippen molar-refractivity contribution in [2.24, 2.45) is 0 Å². The zero-order valence-electron chi connectivity index (χ0n) is 10.9. The van der Waals surface area contributed by atoms with E-state index in [-0.39, 0.29) is 0 Å². The Morgan fingerprint density at radius 3 is 2.56 bits per heavy atom. The Balaban J connectivity index is 1.93. The van der Waals surface area contributed by atoms with Gasteiger partial charge in [-0.15, -0.1) is 0 Å². The lowest BCUT2D eigenvalue weighted by Crippen LogP contribution is -2.46. The molecule has 18 heavy (non-hydrogen) atoms. The number of halogens is 1. The number of nitrogens with zero attached hydrogens (tertiary/aromatic N) is 2. The van der Waals surface area contributed by atoms with Gasteiger partial charge < -0.3 is 4.90 Å². The summed E-state index contributed by atoms with van der Waals surface area (Å²) in [6.07, 6.45) is 1.19. The third kappa shape index (κ3) is 3.65. The second-order valence-corrected chi connectivity index (χ2v) is 6.16. The lowest BCUT2D eigenvalue weighted by Gasteiger charge is -2.36. The summed E-state index contributed by atoms with van der Waals surface area (Å²) in [5.74, 6) is 0.990. The number of aryl methyl sites for hydroxylation is 1. The van der Waals surface area contributed by atoms with Crippen molar-refractivity contribution in [3.05, 3.63) is 28.2 Å². The van der Waals surface area contributed by atoms with E-state index in [4.69, 9.17) is 0 Å². The molecule has 0 aromatic heterocycles. The molecule has 1 heterocycles. The van der Waals surface area contributed by atoms with Crippen LogP contribution < -0.4 is 4.90 Å². The van der Waals surface area contributed by atoms with Crippen molar-refractivity contribution >= 4 is 34.2 Å². The van der Waals surface area contributed by atoms with Gasteiger partial charge in [0.05, 0.1) is 5.69 Å². The monoisotopic (exact) mass is 328 g/mol. The minimum atomic E-state index is 0.990. The average molecular weight is 329 g/mol. The summed E-state index contributed by atoms with van der Waals surface area (Å²) >= 11 is 7.95. The van der Waals surface area contributed by atoms with Crippen LogP contribution in [0.25, 0.3) is 0 Å². The van der Waals surface area contributed by atoms with Gasteiger partial charge in [-0.2, -0.15) is 12.6 Å². The second-order valence-electron chi connectivity index (χ2n) is 4.86. The van der Waals surface area contributed by atoms with Gasteiger partial charge >= 0.3 is 0 Å². The highest BCUT2D eigenvalue weighted by Gasteiger charge is 2.18. The number of rotatable bonds is 4. The quantitative estimate of drug-likeness (QED) is 0.848. The molecule has 100 valence electrons. The van der Waals surface area contributed by atoms with Crippen LogP contribution in [0.2, 0.25) is 0 Å². The highest BCUT2D eigenvalue weighted by Crippen LogP contribution is 2.28. The van der Waals surface area contributed by atoms with E-state index >= 15 is 0 Å². The van der Waals surface area contributed by atoms with E-state index < -0.39 is 0 Å². The SMILES string of the molecule is Cc1ccc(N2CCN(CCCS)CC2)c(Br)c1. The van der Waals surface area contributed by atoms with E-state index in [0.29, 0.717) is 0 Å². The summed E-state index contributed by atoms with van der Waals surface area (Å²) in [4.78, 5) is 5.01. The van der Waals surface area contributed by atoms with E-state index in [2.05, 4.69) is 63.5 Å². The molecule has 0 N–H and O–H groups in total. The molecular weight excluding hydrogens is 308 g/mol. The molecule has 0 aliphatic carbocycles. The van der Waals surface area contributed by atoms with Crippen LogP contribution in [-0.2, 0) is 0 Å². The van der Waals surface area contributed by atoms with Crippen LogP contribution in [0.3, 0.4) is 0 Å². The zero-order chi connectivity index (χ0) is 13.0. The normalized spacial score (nSPS) is 17.2. The van der Waals surface area contributed by atoms with Gasteiger partial charge in [0, 0.05) is 30.7 Å². The van der Waals surface area contributed by atoms with Crippen molar-refractivity contribution in [3.63, 3.8) is 0 Å². The first-order chi connectivity index (χ1) is 8.70. The molecule has 1 aromatic rings. The molecule has 1 fully saturated rings. The summed E-state index contributed by atoms with van der Waals surface area (Å²) in [6.45, 7) is 7.88. The smallest absolute Gasteiger partial charge is 0.0511 e. The van der Waals surface area contributed by atoms with Crippen LogP contribution in [0.4, 0.5) is 5.69 Å². The van der Waals surface area contributed by atoms with Crippen LogP contribution in [0.1, 0.15) is 12.0 Å². The second kappa shape index (κ2) is 6.83. The van der Waals surface area contributed by atoms with Gasteiger partial charge in [-0.05, 0) is 59.3 Å². The minimum absolute atomic E-state index is 0.990. The van der Waals surface area contributed by atoms with Crippen LogP contribution >= 0.6 is 28.6 Å². The number of hydrogen-bond acceptors (Lipinski definition) is 3. The third-order valence-electron chi connectivity index (χ3n) is 3.45. The number of benzene rings is 1. The highest BCUT2D eigenvalue weighted by molar-refractivity contribution is 9.10. The van der Waals surface area contributed by atoms with E-state index in [1.807, 2.05) is 0 Å². The molecular formula is C14H21BrN2S. The van der Waals surface area contributed by atoms with Gasteiger partial charge in [-0.25, -0.2) is 0 Å². The number of hydrogen-bond donors (Lipinski definition) is 1. The number of thiol groups is 1. The van der Waals surface area contributed by atoms with Crippen molar-refractivity contribution < 1.29 is 0 Å². The summed E-state index contributed by atoms with van der Waals surface area (Å²) in [5.41, 5.74) is 2.63. The van der Waals surface area contributed by atoms with Gasteiger partial charge in [0.2, 0.25) is 0 Å². The predicted octanol–water partition coefficient (Wildman–Crippen LogP) is 3.20. The maximum atomic E-state index is 4.27. The van der Waals surface area contributed by atoms with E-state index in [0.717, 1.165) is 31.9 Å². The van der Waals surface area contributed by atoms with Gasteiger partial charge in [-0.3, -0.25) is 4.90 Å².